The smallest absolute Gasteiger partial charge is 0.310 e. The largest absolute Gasteiger partial charge is 0.481 e. The first-order valence-corrected chi connectivity index (χ1v) is 7.12. The molecule has 2 N–H and O–H groups in total. The van der Waals surface area contributed by atoms with Crippen LogP contribution in [-0.4, -0.2) is 28.3 Å². The van der Waals surface area contributed by atoms with Crippen LogP contribution in [0.15, 0.2) is 30.3 Å². The normalized spacial score (nSPS) is 25.4. The van der Waals surface area contributed by atoms with E-state index in [1.54, 1.807) is 0 Å². The summed E-state index contributed by atoms with van der Waals surface area (Å²) in [6.45, 7) is 0.504. The Hall–Kier alpha value is -1.88. The number of ether oxygens (including phenoxy) is 1. The molecule has 0 aliphatic heterocycles. The first-order valence-electron chi connectivity index (χ1n) is 7.12. The molecule has 21 heavy (non-hydrogen) atoms. The third-order valence-corrected chi connectivity index (χ3v) is 4.16. The van der Waals surface area contributed by atoms with Gasteiger partial charge in [0, 0.05) is 0 Å². The van der Waals surface area contributed by atoms with Crippen LogP contribution in [0.2, 0.25) is 0 Å². The zero-order chi connectivity index (χ0) is 15.3. The van der Waals surface area contributed by atoms with Crippen molar-refractivity contribution >= 4 is 11.9 Å². The van der Waals surface area contributed by atoms with Crippen LogP contribution < -0.4 is 0 Å². The molecule has 0 atom stereocenters. The molecule has 1 aromatic carbocycles. The highest BCUT2D eigenvalue weighted by Gasteiger charge is 2.43. The van der Waals surface area contributed by atoms with Gasteiger partial charge in [-0.05, 0) is 31.2 Å². The number of aliphatic carboxylic acids is 2. The fraction of sp³-hybridized carbons (Fsp3) is 0.500. The van der Waals surface area contributed by atoms with Crippen LogP contribution >= 0.6 is 0 Å². The highest BCUT2D eigenvalue weighted by molar-refractivity contribution is 5.81. The van der Waals surface area contributed by atoms with E-state index >= 15 is 0 Å². The minimum atomic E-state index is -1.13. The summed E-state index contributed by atoms with van der Waals surface area (Å²) in [7, 11) is 0. The Morgan fingerprint density at radius 2 is 1.76 bits per heavy atom. The van der Waals surface area contributed by atoms with Crippen LogP contribution in [0.3, 0.4) is 0 Å². The first kappa shape index (κ1) is 15.5. The molecular weight excluding hydrogens is 272 g/mol. The highest BCUT2D eigenvalue weighted by Crippen LogP contribution is 2.40. The molecule has 1 fully saturated rings. The first-order chi connectivity index (χ1) is 10.0. The third kappa shape index (κ3) is 4.04. The van der Waals surface area contributed by atoms with E-state index in [1.807, 2.05) is 30.3 Å². The summed E-state index contributed by atoms with van der Waals surface area (Å²) >= 11 is 0. The summed E-state index contributed by atoms with van der Waals surface area (Å²) in [4.78, 5) is 22.3. The van der Waals surface area contributed by atoms with Gasteiger partial charge < -0.3 is 14.9 Å². The van der Waals surface area contributed by atoms with E-state index in [2.05, 4.69) is 0 Å². The molecule has 5 nitrogen and oxygen atoms in total. The average molecular weight is 292 g/mol. The molecule has 0 saturated heterocycles. The van der Waals surface area contributed by atoms with Crippen LogP contribution in [0.1, 0.15) is 37.7 Å². The Bertz CT molecular complexity index is 489. The molecular formula is C16H20O5. The third-order valence-electron chi connectivity index (χ3n) is 4.16. The SMILES string of the molecule is O=C(O)CC1(C(=O)O)CCC(OCc2ccccc2)CC1. The predicted octanol–water partition coefficient (Wildman–Crippen LogP) is 2.69. The fourth-order valence-corrected chi connectivity index (χ4v) is 2.85. The van der Waals surface area contributed by atoms with Crippen LogP contribution in [-0.2, 0) is 20.9 Å². The Balaban J connectivity index is 1.87. The van der Waals surface area contributed by atoms with Crippen LogP contribution in [0.25, 0.3) is 0 Å². The maximum atomic E-state index is 11.4. The average Bonchev–Trinajstić information content (AvgIpc) is 2.47. The molecule has 0 radical (unpaired) electrons. The predicted molar refractivity (Wildman–Crippen MR) is 75.8 cm³/mol. The van der Waals surface area contributed by atoms with Crippen molar-refractivity contribution in [1.29, 1.82) is 0 Å². The second-order valence-corrected chi connectivity index (χ2v) is 5.65. The second kappa shape index (κ2) is 6.72. The number of carboxylic acid groups (broad SMARTS) is 2. The van der Waals surface area contributed by atoms with E-state index in [0.717, 1.165) is 5.56 Å². The van der Waals surface area contributed by atoms with Crippen molar-refractivity contribution in [2.45, 2.75) is 44.8 Å². The molecule has 114 valence electrons. The number of carbonyl (C=O) groups is 2. The molecule has 0 bridgehead atoms. The summed E-state index contributed by atoms with van der Waals surface area (Å²) in [6, 6.07) is 9.80. The lowest BCUT2D eigenvalue weighted by molar-refractivity contribution is -0.160. The Kier molecular flexibility index (Phi) is 4.96. The van der Waals surface area contributed by atoms with E-state index in [-0.39, 0.29) is 12.5 Å². The molecule has 0 aromatic heterocycles. The Morgan fingerprint density at radius 3 is 2.29 bits per heavy atom. The molecule has 1 saturated carbocycles. The molecule has 1 aliphatic carbocycles. The van der Waals surface area contributed by atoms with E-state index in [1.165, 1.54) is 0 Å². The number of hydrogen-bond donors (Lipinski definition) is 2. The van der Waals surface area contributed by atoms with Crippen LogP contribution in [0, 0.1) is 5.41 Å². The summed E-state index contributed by atoms with van der Waals surface area (Å²) in [5.41, 5.74) is -0.0450. The monoisotopic (exact) mass is 292 g/mol. The summed E-state index contributed by atoms with van der Waals surface area (Å²) in [6.07, 6.45) is 1.58. The number of hydrogen-bond acceptors (Lipinski definition) is 3. The molecule has 1 aromatic rings. The molecule has 5 heteroatoms. The van der Waals surface area contributed by atoms with Gasteiger partial charge >= 0.3 is 11.9 Å². The fourth-order valence-electron chi connectivity index (χ4n) is 2.85. The number of rotatable bonds is 6. The minimum absolute atomic E-state index is 0.00600. The van der Waals surface area contributed by atoms with E-state index in [4.69, 9.17) is 9.84 Å². The van der Waals surface area contributed by atoms with E-state index < -0.39 is 17.4 Å². The lowest BCUT2D eigenvalue weighted by atomic mass is 9.71. The Labute approximate surface area is 123 Å². The number of benzene rings is 1. The lowest BCUT2D eigenvalue weighted by Crippen LogP contribution is -2.39. The van der Waals surface area contributed by atoms with Gasteiger partial charge in [-0.15, -0.1) is 0 Å². The van der Waals surface area contributed by atoms with Crippen molar-refractivity contribution in [1.82, 2.24) is 0 Å². The molecule has 0 spiro atoms. The zero-order valence-electron chi connectivity index (χ0n) is 11.8. The van der Waals surface area contributed by atoms with Crippen molar-refractivity contribution in [3.63, 3.8) is 0 Å². The van der Waals surface area contributed by atoms with Gasteiger partial charge in [0.15, 0.2) is 0 Å². The van der Waals surface area contributed by atoms with Gasteiger partial charge in [-0.3, -0.25) is 9.59 Å². The van der Waals surface area contributed by atoms with Crippen molar-refractivity contribution in [2.75, 3.05) is 0 Å². The lowest BCUT2D eigenvalue weighted by Gasteiger charge is -2.35. The second-order valence-electron chi connectivity index (χ2n) is 5.65. The summed E-state index contributed by atoms with van der Waals surface area (Å²) in [5, 5.41) is 18.2. The van der Waals surface area contributed by atoms with Crippen LogP contribution in [0.5, 0.6) is 0 Å². The van der Waals surface area contributed by atoms with Gasteiger partial charge in [0.05, 0.1) is 24.5 Å². The van der Waals surface area contributed by atoms with E-state index in [0.29, 0.717) is 32.3 Å². The quantitative estimate of drug-likeness (QED) is 0.842. The van der Waals surface area contributed by atoms with Crippen molar-refractivity contribution in [2.24, 2.45) is 5.41 Å². The van der Waals surface area contributed by atoms with Gasteiger partial charge in [0.25, 0.3) is 0 Å². The highest BCUT2D eigenvalue weighted by atomic mass is 16.5. The summed E-state index contributed by atoms with van der Waals surface area (Å²) in [5.74, 6) is -2.06. The van der Waals surface area contributed by atoms with Crippen LogP contribution in [0.4, 0.5) is 0 Å². The van der Waals surface area contributed by atoms with E-state index in [9.17, 15) is 14.7 Å². The van der Waals surface area contributed by atoms with Gasteiger partial charge in [0.1, 0.15) is 0 Å². The summed E-state index contributed by atoms with van der Waals surface area (Å²) < 4.78 is 5.81. The van der Waals surface area contributed by atoms with Crippen molar-refractivity contribution < 1.29 is 24.5 Å². The Morgan fingerprint density at radius 1 is 1.14 bits per heavy atom. The minimum Gasteiger partial charge on any atom is -0.481 e. The van der Waals surface area contributed by atoms with Crippen molar-refractivity contribution in [3.05, 3.63) is 35.9 Å². The maximum absolute atomic E-state index is 11.4. The standard InChI is InChI=1S/C16H20O5/c17-14(18)10-16(15(19)20)8-6-13(7-9-16)21-11-12-4-2-1-3-5-12/h1-5,13H,6-11H2,(H,17,18)(H,19,20). The molecule has 0 heterocycles. The van der Waals surface area contributed by atoms with Crippen molar-refractivity contribution in [3.8, 4) is 0 Å². The van der Waals surface area contributed by atoms with Gasteiger partial charge in [-0.25, -0.2) is 0 Å². The molecule has 1 aliphatic rings. The zero-order valence-corrected chi connectivity index (χ0v) is 11.8. The molecule has 2 rings (SSSR count). The molecule has 0 unspecified atom stereocenters. The number of carboxylic acids is 2. The molecule has 0 amide bonds. The van der Waals surface area contributed by atoms with Gasteiger partial charge in [0.2, 0.25) is 0 Å². The maximum Gasteiger partial charge on any atom is 0.310 e. The topological polar surface area (TPSA) is 83.8 Å². The van der Waals surface area contributed by atoms with Gasteiger partial charge in [-0.1, -0.05) is 30.3 Å². The van der Waals surface area contributed by atoms with Gasteiger partial charge in [-0.2, -0.15) is 0 Å².